The molecule has 0 saturated carbocycles. The molecule has 1 atom stereocenters. The zero-order valence-electron chi connectivity index (χ0n) is 9.62. The van der Waals surface area contributed by atoms with Crippen LogP contribution in [0.5, 0.6) is 0 Å². The van der Waals surface area contributed by atoms with E-state index in [0.29, 0.717) is 6.54 Å². The van der Waals surface area contributed by atoms with Crippen LogP contribution < -0.4 is 5.32 Å². The Balaban J connectivity index is 2.57. The summed E-state index contributed by atoms with van der Waals surface area (Å²) in [6, 6.07) is 1.75. The van der Waals surface area contributed by atoms with Gasteiger partial charge in [0.2, 0.25) is 0 Å². The first-order valence-corrected chi connectivity index (χ1v) is 6.76. The number of carbonyl (C=O) groups is 1. The Morgan fingerprint density at radius 2 is 2.31 bits per heavy atom. The quantitative estimate of drug-likeness (QED) is 0.850. The van der Waals surface area contributed by atoms with Gasteiger partial charge in [-0.15, -0.1) is 11.3 Å². The van der Waals surface area contributed by atoms with Crippen molar-refractivity contribution in [2.45, 2.75) is 26.4 Å². The highest BCUT2D eigenvalue weighted by Gasteiger charge is 2.22. The van der Waals surface area contributed by atoms with E-state index < -0.39 is 0 Å². The number of thiophene rings is 1. The number of methoxy groups -OCH3 is 1. The van der Waals surface area contributed by atoms with E-state index in [1.165, 1.54) is 12.0 Å². The minimum Gasteiger partial charge on any atom is -0.468 e. The number of ether oxygens (including phenoxy) is 1. The van der Waals surface area contributed by atoms with Gasteiger partial charge in [-0.2, -0.15) is 0 Å². The van der Waals surface area contributed by atoms with E-state index in [1.807, 2.05) is 25.3 Å². The summed E-state index contributed by atoms with van der Waals surface area (Å²) in [6.45, 7) is 4.67. The third-order valence-electron chi connectivity index (χ3n) is 2.30. The summed E-state index contributed by atoms with van der Waals surface area (Å²) in [4.78, 5) is 12.7. The molecule has 0 radical (unpaired) electrons. The van der Waals surface area contributed by atoms with Crippen LogP contribution in [0, 0.1) is 5.92 Å². The SMILES string of the molecule is COC(=O)[C@@H](NCc1sccc1Br)C(C)C. The van der Waals surface area contributed by atoms with E-state index in [1.54, 1.807) is 11.3 Å². The number of carbonyl (C=O) groups excluding carboxylic acids is 1. The third kappa shape index (κ3) is 3.57. The predicted molar refractivity (Wildman–Crippen MR) is 69.5 cm³/mol. The van der Waals surface area contributed by atoms with Crippen LogP contribution in [-0.4, -0.2) is 19.1 Å². The van der Waals surface area contributed by atoms with Crippen molar-refractivity contribution < 1.29 is 9.53 Å². The number of nitrogens with one attached hydrogen (secondary N) is 1. The van der Waals surface area contributed by atoms with Gasteiger partial charge in [-0.25, -0.2) is 0 Å². The highest BCUT2D eigenvalue weighted by Crippen LogP contribution is 2.22. The molecule has 0 aromatic carbocycles. The normalized spacial score (nSPS) is 12.8. The minimum atomic E-state index is -0.251. The number of esters is 1. The van der Waals surface area contributed by atoms with Gasteiger partial charge in [-0.05, 0) is 33.3 Å². The Labute approximate surface area is 108 Å². The predicted octanol–water partition coefficient (Wildman–Crippen LogP) is 2.80. The number of rotatable bonds is 5. The van der Waals surface area contributed by atoms with Crippen LogP contribution in [0.1, 0.15) is 18.7 Å². The second kappa shape index (κ2) is 6.37. The molecule has 3 nitrogen and oxygen atoms in total. The van der Waals surface area contributed by atoms with Crippen LogP contribution in [-0.2, 0) is 16.1 Å². The molecule has 0 saturated heterocycles. The van der Waals surface area contributed by atoms with E-state index in [4.69, 9.17) is 4.74 Å². The summed E-state index contributed by atoms with van der Waals surface area (Å²) in [5.41, 5.74) is 0. The van der Waals surface area contributed by atoms with Crippen molar-refractivity contribution in [1.29, 1.82) is 0 Å². The van der Waals surface area contributed by atoms with Gasteiger partial charge in [-0.3, -0.25) is 10.1 Å². The first kappa shape index (κ1) is 13.7. The van der Waals surface area contributed by atoms with Crippen LogP contribution in [0.3, 0.4) is 0 Å². The zero-order valence-corrected chi connectivity index (χ0v) is 12.0. The molecule has 0 aliphatic heterocycles. The maximum Gasteiger partial charge on any atom is 0.323 e. The Bertz CT molecular complexity index is 352. The fraction of sp³-hybridized carbons (Fsp3) is 0.545. The van der Waals surface area contributed by atoms with Gasteiger partial charge in [0.25, 0.3) is 0 Å². The van der Waals surface area contributed by atoms with Gasteiger partial charge >= 0.3 is 5.97 Å². The molecule has 16 heavy (non-hydrogen) atoms. The zero-order chi connectivity index (χ0) is 12.1. The largest absolute Gasteiger partial charge is 0.468 e. The standard InChI is InChI=1S/C11H16BrNO2S/c1-7(2)10(11(14)15-3)13-6-9-8(12)4-5-16-9/h4-5,7,10,13H,6H2,1-3H3/t10-/m0/s1. The van der Waals surface area contributed by atoms with Crippen molar-refractivity contribution in [3.05, 3.63) is 20.8 Å². The number of halogens is 1. The molecule has 0 spiro atoms. The van der Waals surface area contributed by atoms with E-state index in [-0.39, 0.29) is 17.9 Å². The number of hydrogen-bond acceptors (Lipinski definition) is 4. The lowest BCUT2D eigenvalue weighted by Crippen LogP contribution is -2.41. The number of hydrogen-bond donors (Lipinski definition) is 1. The average Bonchev–Trinajstić information content (AvgIpc) is 2.64. The molecule has 0 aliphatic carbocycles. The molecule has 1 aromatic rings. The fourth-order valence-corrected chi connectivity index (χ4v) is 2.82. The van der Waals surface area contributed by atoms with Crippen LogP contribution in [0.4, 0.5) is 0 Å². The molecular formula is C11H16BrNO2S. The van der Waals surface area contributed by atoms with Gasteiger partial charge in [0.1, 0.15) is 6.04 Å². The van der Waals surface area contributed by atoms with Gasteiger partial charge in [-0.1, -0.05) is 13.8 Å². The molecular weight excluding hydrogens is 290 g/mol. The van der Waals surface area contributed by atoms with Crippen LogP contribution in [0.15, 0.2) is 15.9 Å². The van der Waals surface area contributed by atoms with E-state index >= 15 is 0 Å². The topological polar surface area (TPSA) is 38.3 Å². The van der Waals surface area contributed by atoms with Crippen LogP contribution in [0.25, 0.3) is 0 Å². The summed E-state index contributed by atoms with van der Waals surface area (Å²) in [7, 11) is 1.42. The molecule has 0 aliphatic rings. The van der Waals surface area contributed by atoms with Crippen molar-refractivity contribution >= 4 is 33.2 Å². The summed E-state index contributed by atoms with van der Waals surface area (Å²) in [6.07, 6.45) is 0. The molecule has 90 valence electrons. The van der Waals surface area contributed by atoms with Crippen LogP contribution in [0.2, 0.25) is 0 Å². The maximum absolute atomic E-state index is 11.5. The Hall–Kier alpha value is -0.390. The molecule has 0 unspecified atom stereocenters. The Morgan fingerprint density at radius 3 is 2.75 bits per heavy atom. The first-order valence-electron chi connectivity index (χ1n) is 5.09. The van der Waals surface area contributed by atoms with E-state index in [9.17, 15) is 4.79 Å². The van der Waals surface area contributed by atoms with Gasteiger partial charge in [0.15, 0.2) is 0 Å². The second-order valence-corrected chi connectivity index (χ2v) is 5.67. The smallest absolute Gasteiger partial charge is 0.323 e. The maximum atomic E-state index is 11.5. The van der Waals surface area contributed by atoms with Crippen molar-refractivity contribution in [2.24, 2.45) is 5.92 Å². The molecule has 5 heteroatoms. The Kier molecular flexibility index (Phi) is 5.44. The van der Waals surface area contributed by atoms with Crippen molar-refractivity contribution in [3.63, 3.8) is 0 Å². The lowest BCUT2D eigenvalue weighted by molar-refractivity contribution is -0.144. The molecule has 0 fully saturated rings. The fourth-order valence-electron chi connectivity index (χ4n) is 1.37. The monoisotopic (exact) mass is 305 g/mol. The summed E-state index contributed by atoms with van der Waals surface area (Å²) in [5.74, 6) is 0.00821. The third-order valence-corrected chi connectivity index (χ3v) is 4.22. The summed E-state index contributed by atoms with van der Waals surface area (Å²) in [5, 5.41) is 5.24. The minimum absolute atomic E-state index is 0.206. The summed E-state index contributed by atoms with van der Waals surface area (Å²) >= 11 is 5.12. The van der Waals surface area contributed by atoms with Crippen molar-refractivity contribution in [1.82, 2.24) is 5.32 Å². The Morgan fingerprint density at radius 1 is 1.62 bits per heavy atom. The van der Waals surface area contributed by atoms with Crippen molar-refractivity contribution in [2.75, 3.05) is 7.11 Å². The molecule has 0 bridgehead atoms. The highest BCUT2D eigenvalue weighted by atomic mass is 79.9. The second-order valence-electron chi connectivity index (χ2n) is 3.82. The lowest BCUT2D eigenvalue weighted by Gasteiger charge is -2.19. The lowest BCUT2D eigenvalue weighted by atomic mass is 10.0. The van der Waals surface area contributed by atoms with Gasteiger partial charge in [0, 0.05) is 15.9 Å². The molecule has 1 heterocycles. The van der Waals surface area contributed by atoms with Crippen LogP contribution >= 0.6 is 27.3 Å². The first-order chi connectivity index (χ1) is 7.56. The van der Waals surface area contributed by atoms with Crippen molar-refractivity contribution in [3.8, 4) is 0 Å². The summed E-state index contributed by atoms with van der Waals surface area (Å²) < 4.78 is 5.84. The molecule has 1 N–H and O–H groups in total. The van der Waals surface area contributed by atoms with Gasteiger partial charge in [0.05, 0.1) is 7.11 Å². The molecule has 0 amide bonds. The van der Waals surface area contributed by atoms with Gasteiger partial charge < -0.3 is 4.74 Å². The molecule has 1 aromatic heterocycles. The highest BCUT2D eigenvalue weighted by molar-refractivity contribution is 9.10. The molecule has 1 rings (SSSR count). The van der Waals surface area contributed by atoms with E-state index in [2.05, 4.69) is 21.2 Å². The average molecular weight is 306 g/mol. The van der Waals surface area contributed by atoms with E-state index in [0.717, 1.165) is 4.47 Å².